The zero-order chi connectivity index (χ0) is 14.4. The molecule has 7 nitrogen and oxygen atoms in total. The van der Waals surface area contributed by atoms with Gasteiger partial charge in [-0.1, -0.05) is 6.92 Å². The van der Waals surface area contributed by atoms with Crippen LogP contribution in [0.2, 0.25) is 0 Å². The number of rotatable bonds is 7. The van der Waals surface area contributed by atoms with Gasteiger partial charge in [-0.15, -0.1) is 0 Å². The predicted octanol–water partition coefficient (Wildman–Crippen LogP) is -0.0898. The van der Waals surface area contributed by atoms with Crippen LogP contribution in [0.4, 0.5) is 0 Å². The first-order valence-electron chi connectivity index (χ1n) is 5.90. The summed E-state index contributed by atoms with van der Waals surface area (Å²) in [6, 6.07) is 3.29. The van der Waals surface area contributed by atoms with Crippen molar-refractivity contribution < 1.29 is 19.5 Å². The fourth-order valence-corrected chi connectivity index (χ4v) is 1.76. The molecule has 1 heterocycles. The number of primary amides is 1. The number of nitrogens with zero attached hydrogens (tertiary/aromatic N) is 2. The monoisotopic (exact) mass is 267 g/mol. The van der Waals surface area contributed by atoms with Crippen molar-refractivity contribution in [1.29, 1.82) is 0 Å². The van der Waals surface area contributed by atoms with Crippen LogP contribution >= 0.6 is 0 Å². The first kappa shape index (κ1) is 14.7. The van der Waals surface area contributed by atoms with E-state index in [1.54, 1.807) is 22.9 Å². The lowest BCUT2D eigenvalue weighted by Gasteiger charge is -2.19. The van der Waals surface area contributed by atoms with Gasteiger partial charge in [0.15, 0.2) is 0 Å². The highest BCUT2D eigenvalue weighted by atomic mass is 16.4. The molecule has 0 saturated carbocycles. The molecule has 3 N–H and O–H groups in total. The number of carbonyl (C=O) groups excluding carboxylic acids is 2. The third kappa shape index (κ3) is 4.13. The summed E-state index contributed by atoms with van der Waals surface area (Å²) >= 11 is 0. The molecular weight excluding hydrogens is 250 g/mol. The minimum absolute atomic E-state index is 0.351. The topological polar surface area (TPSA) is 106 Å². The highest BCUT2D eigenvalue weighted by Crippen LogP contribution is 2.08. The van der Waals surface area contributed by atoms with Crippen LogP contribution in [0.25, 0.3) is 0 Å². The maximum absolute atomic E-state index is 12.2. The smallest absolute Gasteiger partial charge is 0.323 e. The average molecular weight is 267 g/mol. The van der Waals surface area contributed by atoms with Crippen LogP contribution in [0.5, 0.6) is 0 Å². The van der Waals surface area contributed by atoms with Gasteiger partial charge < -0.3 is 20.3 Å². The number of hydrogen-bond acceptors (Lipinski definition) is 3. The van der Waals surface area contributed by atoms with Gasteiger partial charge in [0.25, 0.3) is 5.91 Å². The van der Waals surface area contributed by atoms with Crippen LogP contribution in [0.15, 0.2) is 18.3 Å². The molecule has 1 aromatic heterocycles. The Balaban J connectivity index is 2.94. The number of carbonyl (C=O) groups is 3. The molecule has 0 atom stereocenters. The first-order valence-corrected chi connectivity index (χ1v) is 5.90. The second-order valence-corrected chi connectivity index (χ2v) is 4.11. The van der Waals surface area contributed by atoms with Crippen LogP contribution in [-0.4, -0.2) is 45.4 Å². The standard InChI is InChI=1S/C12H17N3O4/c1-2-5-14-6-3-4-9(14)12(19)15(7-10(13)16)8-11(17)18/h3-4,6H,2,5,7-8H2,1H3,(H2,13,16)(H,17,18). The van der Waals surface area contributed by atoms with Crippen LogP contribution in [0.1, 0.15) is 23.8 Å². The van der Waals surface area contributed by atoms with Crippen molar-refractivity contribution in [3.05, 3.63) is 24.0 Å². The van der Waals surface area contributed by atoms with E-state index in [0.717, 1.165) is 11.3 Å². The molecule has 0 saturated heterocycles. The Labute approximate surface area is 110 Å². The van der Waals surface area contributed by atoms with Crippen molar-refractivity contribution in [2.24, 2.45) is 5.73 Å². The molecule has 0 aliphatic heterocycles. The molecule has 19 heavy (non-hydrogen) atoms. The third-order valence-corrected chi connectivity index (χ3v) is 2.47. The highest BCUT2D eigenvalue weighted by molar-refractivity contribution is 5.96. The van der Waals surface area contributed by atoms with E-state index in [1.165, 1.54) is 0 Å². The molecule has 0 aliphatic carbocycles. The lowest BCUT2D eigenvalue weighted by atomic mass is 10.3. The molecule has 0 aliphatic rings. The summed E-state index contributed by atoms with van der Waals surface area (Å²) < 4.78 is 1.72. The molecule has 0 unspecified atom stereocenters. The fourth-order valence-electron chi connectivity index (χ4n) is 1.76. The highest BCUT2D eigenvalue weighted by Gasteiger charge is 2.22. The molecule has 0 radical (unpaired) electrons. The fraction of sp³-hybridized carbons (Fsp3) is 0.417. The van der Waals surface area contributed by atoms with Gasteiger partial charge in [-0.2, -0.15) is 0 Å². The molecular formula is C12H17N3O4. The molecule has 0 spiro atoms. The molecule has 1 aromatic rings. The molecule has 0 aromatic carbocycles. The zero-order valence-corrected chi connectivity index (χ0v) is 10.7. The number of aliphatic carboxylic acids is 1. The quantitative estimate of drug-likeness (QED) is 0.720. The number of aromatic nitrogens is 1. The van der Waals surface area contributed by atoms with Gasteiger partial charge >= 0.3 is 5.97 Å². The summed E-state index contributed by atoms with van der Waals surface area (Å²) in [5, 5.41) is 8.76. The van der Waals surface area contributed by atoms with Crippen molar-refractivity contribution in [2.45, 2.75) is 19.9 Å². The molecule has 0 fully saturated rings. The number of nitrogens with two attached hydrogens (primary N) is 1. The van der Waals surface area contributed by atoms with Gasteiger partial charge in [0.05, 0.1) is 0 Å². The predicted molar refractivity (Wildman–Crippen MR) is 67.5 cm³/mol. The van der Waals surface area contributed by atoms with Crippen molar-refractivity contribution in [2.75, 3.05) is 13.1 Å². The largest absolute Gasteiger partial charge is 0.480 e. The maximum atomic E-state index is 12.2. The average Bonchev–Trinajstić information content (AvgIpc) is 2.74. The van der Waals surface area contributed by atoms with Crippen molar-refractivity contribution in [3.8, 4) is 0 Å². The maximum Gasteiger partial charge on any atom is 0.323 e. The molecule has 1 rings (SSSR count). The van der Waals surface area contributed by atoms with E-state index in [0.29, 0.717) is 12.2 Å². The zero-order valence-electron chi connectivity index (χ0n) is 10.7. The van der Waals surface area contributed by atoms with Crippen LogP contribution < -0.4 is 5.73 Å². The van der Waals surface area contributed by atoms with E-state index < -0.39 is 30.9 Å². The van der Waals surface area contributed by atoms with Gasteiger partial charge in [-0.05, 0) is 18.6 Å². The Morgan fingerprint density at radius 3 is 2.58 bits per heavy atom. The summed E-state index contributed by atoms with van der Waals surface area (Å²) in [6.07, 6.45) is 2.57. The van der Waals surface area contributed by atoms with Gasteiger partial charge in [-0.25, -0.2) is 0 Å². The number of carboxylic acid groups (broad SMARTS) is 1. The normalized spacial score (nSPS) is 10.2. The Bertz CT molecular complexity index is 465. The van der Waals surface area contributed by atoms with Crippen LogP contribution in [0.3, 0.4) is 0 Å². The molecule has 0 bridgehead atoms. The molecule has 104 valence electrons. The Kier molecular flexibility index (Phi) is 5.11. The number of amides is 2. The Morgan fingerprint density at radius 2 is 2.05 bits per heavy atom. The molecule has 2 amide bonds. The van der Waals surface area contributed by atoms with E-state index in [4.69, 9.17) is 10.8 Å². The Morgan fingerprint density at radius 1 is 1.37 bits per heavy atom. The number of hydrogen-bond donors (Lipinski definition) is 2. The summed E-state index contributed by atoms with van der Waals surface area (Å²) in [5.74, 6) is -2.45. The summed E-state index contributed by atoms with van der Waals surface area (Å²) in [7, 11) is 0. The Hall–Kier alpha value is -2.31. The third-order valence-electron chi connectivity index (χ3n) is 2.47. The first-order chi connectivity index (χ1) is 8.95. The van der Waals surface area contributed by atoms with E-state index in [1.807, 2.05) is 6.92 Å². The molecule has 7 heteroatoms. The lowest BCUT2D eigenvalue weighted by molar-refractivity contribution is -0.138. The van der Waals surface area contributed by atoms with E-state index >= 15 is 0 Å². The van der Waals surface area contributed by atoms with Crippen LogP contribution in [0, 0.1) is 0 Å². The lowest BCUT2D eigenvalue weighted by Crippen LogP contribution is -2.42. The van der Waals surface area contributed by atoms with Crippen molar-refractivity contribution in [3.63, 3.8) is 0 Å². The SMILES string of the molecule is CCCn1cccc1C(=O)N(CC(N)=O)CC(=O)O. The van der Waals surface area contributed by atoms with Gasteiger partial charge in [0.2, 0.25) is 5.91 Å². The van der Waals surface area contributed by atoms with Gasteiger partial charge in [0, 0.05) is 12.7 Å². The van der Waals surface area contributed by atoms with Crippen molar-refractivity contribution >= 4 is 17.8 Å². The summed E-state index contributed by atoms with van der Waals surface area (Å²) in [6.45, 7) is 1.64. The van der Waals surface area contributed by atoms with E-state index in [2.05, 4.69) is 0 Å². The summed E-state index contributed by atoms with van der Waals surface area (Å²) in [5.41, 5.74) is 5.38. The van der Waals surface area contributed by atoms with E-state index in [9.17, 15) is 14.4 Å². The second kappa shape index (κ2) is 6.58. The number of aryl methyl sites for hydroxylation is 1. The van der Waals surface area contributed by atoms with Crippen LogP contribution in [-0.2, 0) is 16.1 Å². The van der Waals surface area contributed by atoms with Crippen molar-refractivity contribution in [1.82, 2.24) is 9.47 Å². The minimum atomic E-state index is -1.19. The van der Waals surface area contributed by atoms with E-state index in [-0.39, 0.29) is 0 Å². The second-order valence-electron chi connectivity index (χ2n) is 4.11. The van der Waals surface area contributed by atoms with Gasteiger partial charge in [0.1, 0.15) is 18.8 Å². The summed E-state index contributed by atoms with van der Waals surface area (Å²) in [4.78, 5) is 34.8. The minimum Gasteiger partial charge on any atom is -0.480 e. The van der Waals surface area contributed by atoms with Gasteiger partial charge in [-0.3, -0.25) is 14.4 Å². The number of carboxylic acids is 1.